The van der Waals surface area contributed by atoms with Crippen molar-refractivity contribution in [2.24, 2.45) is 46.3 Å². The molecule has 8 fully saturated rings. The fourth-order valence-electron chi connectivity index (χ4n) is 9.16. The Balaban J connectivity index is 1.14. The average Bonchev–Trinajstić information content (AvgIpc) is 2.57. The van der Waals surface area contributed by atoms with Crippen LogP contribution in [0.2, 0.25) is 0 Å². The fraction of sp³-hybridized carbons (Fsp3) is 0.909. The lowest BCUT2D eigenvalue weighted by Gasteiger charge is -2.56. The molecule has 0 saturated heterocycles. The van der Waals surface area contributed by atoms with Gasteiger partial charge in [0, 0.05) is 0 Å². The second kappa shape index (κ2) is 5.26. The molecule has 4 heteroatoms. The van der Waals surface area contributed by atoms with Crippen molar-refractivity contribution in [1.29, 1.82) is 0 Å². The van der Waals surface area contributed by atoms with Gasteiger partial charge in [0.2, 0.25) is 11.8 Å². The van der Waals surface area contributed by atoms with Gasteiger partial charge in [0.1, 0.15) is 0 Å². The van der Waals surface area contributed by atoms with E-state index < -0.39 is 0 Å². The van der Waals surface area contributed by atoms with Crippen molar-refractivity contribution >= 4 is 11.8 Å². The van der Waals surface area contributed by atoms with Gasteiger partial charge in [-0.15, -0.1) is 0 Å². The number of rotatable bonds is 2. The molecule has 0 spiro atoms. The van der Waals surface area contributed by atoms with Crippen molar-refractivity contribution in [2.45, 2.75) is 77.0 Å². The molecule has 0 aromatic rings. The predicted octanol–water partition coefficient (Wildman–Crippen LogP) is 3.57. The minimum absolute atomic E-state index is 0.120. The van der Waals surface area contributed by atoms with Gasteiger partial charge in [-0.25, -0.2) is 0 Å². The van der Waals surface area contributed by atoms with Crippen molar-refractivity contribution in [3.8, 4) is 0 Å². The van der Waals surface area contributed by atoms with Crippen molar-refractivity contribution < 1.29 is 9.59 Å². The van der Waals surface area contributed by atoms with E-state index in [-0.39, 0.29) is 22.6 Å². The summed E-state index contributed by atoms with van der Waals surface area (Å²) in [5.74, 6) is 4.77. The van der Waals surface area contributed by atoms with Crippen molar-refractivity contribution in [3.05, 3.63) is 0 Å². The molecule has 4 nitrogen and oxygen atoms in total. The molecule has 0 aromatic carbocycles. The first-order valence-electron chi connectivity index (χ1n) is 11.1. The van der Waals surface area contributed by atoms with Gasteiger partial charge in [0.05, 0.1) is 10.8 Å². The normalized spacial score (nSPS) is 52.9. The molecule has 8 saturated carbocycles. The summed E-state index contributed by atoms with van der Waals surface area (Å²) in [7, 11) is 0. The molecule has 8 aliphatic carbocycles. The van der Waals surface area contributed by atoms with E-state index in [9.17, 15) is 9.59 Å². The first kappa shape index (κ1) is 15.9. The number of amides is 2. The van der Waals surface area contributed by atoms with E-state index in [0.717, 1.165) is 74.0 Å². The van der Waals surface area contributed by atoms with E-state index in [1.807, 2.05) is 0 Å². The van der Waals surface area contributed by atoms with Crippen LogP contribution in [0.5, 0.6) is 0 Å². The van der Waals surface area contributed by atoms with E-state index in [1.54, 1.807) is 0 Å². The number of hydrazine groups is 1. The Labute approximate surface area is 156 Å². The van der Waals surface area contributed by atoms with Gasteiger partial charge in [-0.2, -0.15) is 0 Å². The van der Waals surface area contributed by atoms with Gasteiger partial charge in [0.25, 0.3) is 0 Å². The second-order valence-electron chi connectivity index (χ2n) is 11.3. The Morgan fingerprint density at radius 1 is 0.500 bits per heavy atom. The fourth-order valence-corrected chi connectivity index (χ4v) is 9.16. The van der Waals surface area contributed by atoms with Crippen LogP contribution in [0.15, 0.2) is 0 Å². The topological polar surface area (TPSA) is 58.2 Å². The molecule has 8 rings (SSSR count). The predicted molar refractivity (Wildman–Crippen MR) is 97.5 cm³/mol. The lowest BCUT2D eigenvalue weighted by molar-refractivity contribution is -0.154. The van der Waals surface area contributed by atoms with Crippen LogP contribution in [0, 0.1) is 46.3 Å². The summed E-state index contributed by atoms with van der Waals surface area (Å²) in [6.45, 7) is 0. The van der Waals surface area contributed by atoms with Gasteiger partial charge in [0.15, 0.2) is 0 Å². The molecular formula is C22H32N2O2. The third-order valence-electron chi connectivity index (χ3n) is 9.33. The molecule has 8 bridgehead atoms. The maximum atomic E-state index is 13.1. The number of hydrogen-bond donors (Lipinski definition) is 2. The molecule has 0 radical (unpaired) electrons. The Bertz CT molecular complexity index is 528. The molecule has 0 atom stereocenters. The minimum Gasteiger partial charge on any atom is -0.273 e. The van der Waals surface area contributed by atoms with Gasteiger partial charge in [-0.05, 0) is 113 Å². The highest BCUT2D eigenvalue weighted by molar-refractivity contribution is 5.88. The summed E-state index contributed by atoms with van der Waals surface area (Å²) in [5.41, 5.74) is 5.50. The third-order valence-corrected chi connectivity index (χ3v) is 9.33. The summed E-state index contributed by atoms with van der Waals surface area (Å²) >= 11 is 0. The average molecular weight is 357 g/mol. The van der Waals surface area contributed by atoms with Crippen molar-refractivity contribution in [2.75, 3.05) is 0 Å². The first-order valence-corrected chi connectivity index (χ1v) is 11.1. The number of nitrogens with one attached hydrogen (secondary N) is 2. The SMILES string of the molecule is O=C(NNC(=O)C12CC3CC(CC(C3)C1)C2)C12CC3CC(CC(C3)C1)C2. The van der Waals surface area contributed by atoms with E-state index >= 15 is 0 Å². The van der Waals surface area contributed by atoms with Crippen LogP contribution in [-0.2, 0) is 9.59 Å². The van der Waals surface area contributed by atoms with Crippen LogP contribution in [0.4, 0.5) is 0 Å². The van der Waals surface area contributed by atoms with E-state index in [4.69, 9.17) is 0 Å². The molecule has 0 unspecified atom stereocenters. The maximum absolute atomic E-state index is 13.1. The van der Waals surface area contributed by atoms with Crippen LogP contribution in [0.1, 0.15) is 77.0 Å². The van der Waals surface area contributed by atoms with Gasteiger partial charge >= 0.3 is 0 Å². The summed E-state index contributed by atoms with van der Waals surface area (Å²) in [6, 6.07) is 0. The number of hydrogen-bond acceptors (Lipinski definition) is 2. The van der Waals surface area contributed by atoms with Crippen LogP contribution in [0.25, 0.3) is 0 Å². The zero-order chi connectivity index (χ0) is 17.5. The minimum atomic E-state index is -0.177. The van der Waals surface area contributed by atoms with Crippen molar-refractivity contribution in [3.63, 3.8) is 0 Å². The highest BCUT2D eigenvalue weighted by atomic mass is 16.2. The zero-order valence-electron chi connectivity index (χ0n) is 15.8. The maximum Gasteiger partial charge on any atom is 0.244 e. The summed E-state index contributed by atoms with van der Waals surface area (Å²) in [4.78, 5) is 26.2. The van der Waals surface area contributed by atoms with Gasteiger partial charge in [-0.1, -0.05) is 0 Å². The largest absolute Gasteiger partial charge is 0.273 e. The lowest BCUT2D eigenvalue weighted by atomic mass is 9.49. The Morgan fingerprint density at radius 2 is 0.731 bits per heavy atom. The molecule has 0 aliphatic heterocycles. The van der Waals surface area contributed by atoms with Crippen LogP contribution in [0.3, 0.4) is 0 Å². The van der Waals surface area contributed by atoms with E-state index in [2.05, 4.69) is 10.9 Å². The number of carbonyl (C=O) groups is 2. The standard InChI is InChI=1S/C22H32N2O2/c25-19(21-7-13-1-14(8-21)3-15(2-13)9-21)23-24-20(26)22-10-16-4-17(11-22)6-18(5-16)12-22/h13-18H,1-12H2,(H,23,25)(H,24,26). The van der Waals surface area contributed by atoms with Crippen molar-refractivity contribution in [1.82, 2.24) is 10.9 Å². The smallest absolute Gasteiger partial charge is 0.244 e. The lowest BCUT2D eigenvalue weighted by Crippen LogP contribution is -2.60. The molecule has 142 valence electrons. The first-order chi connectivity index (χ1) is 12.5. The summed E-state index contributed by atoms with van der Waals surface area (Å²) in [6.07, 6.45) is 14.4. The third kappa shape index (κ3) is 2.26. The van der Waals surface area contributed by atoms with E-state index in [0.29, 0.717) is 0 Å². The highest BCUT2D eigenvalue weighted by Gasteiger charge is 2.56. The van der Waals surface area contributed by atoms with Gasteiger partial charge < -0.3 is 0 Å². The molecule has 2 N–H and O–H groups in total. The summed E-state index contributed by atoms with van der Waals surface area (Å²) in [5, 5.41) is 0. The zero-order valence-corrected chi connectivity index (χ0v) is 15.8. The molecule has 0 heterocycles. The molecule has 0 aromatic heterocycles. The van der Waals surface area contributed by atoms with Crippen LogP contribution >= 0.6 is 0 Å². The Kier molecular flexibility index (Phi) is 3.23. The molecular weight excluding hydrogens is 324 g/mol. The van der Waals surface area contributed by atoms with Crippen LogP contribution in [-0.4, -0.2) is 11.8 Å². The second-order valence-corrected chi connectivity index (χ2v) is 11.3. The van der Waals surface area contributed by atoms with Gasteiger partial charge in [-0.3, -0.25) is 20.4 Å². The number of carbonyl (C=O) groups excluding carboxylic acids is 2. The highest BCUT2D eigenvalue weighted by Crippen LogP contribution is 2.61. The summed E-state index contributed by atoms with van der Waals surface area (Å²) < 4.78 is 0. The molecule has 26 heavy (non-hydrogen) atoms. The molecule has 2 amide bonds. The Hall–Kier alpha value is -1.06. The Morgan fingerprint density at radius 3 is 0.962 bits per heavy atom. The van der Waals surface area contributed by atoms with E-state index in [1.165, 1.54) is 38.5 Å². The monoisotopic (exact) mass is 356 g/mol. The van der Waals surface area contributed by atoms with Crippen LogP contribution < -0.4 is 10.9 Å². The molecule has 8 aliphatic rings. The quantitative estimate of drug-likeness (QED) is 0.743.